The number of halogens is 2. The van der Waals surface area contributed by atoms with Crippen molar-refractivity contribution < 1.29 is 23.0 Å². The number of nitriles is 1. The average molecular weight is 601 g/mol. The molecular formula is C30H38ClFN4O4Si. The van der Waals surface area contributed by atoms with Crippen molar-refractivity contribution in [3.8, 4) is 6.07 Å². The number of rotatable bonds is 7. The summed E-state index contributed by atoms with van der Waals surface area (Å²) in [7, 11) is -2.03. The Labute approximate surface area is 246 Å². The summed E-state index contributed by atoms with van der Waals surface area (Å²) in [5.74, 6) is -1.10. The number of hydrogen-bond acceptors (Lipinski definition) is 7. The van der Waals surface area contributed by atoms with Crippen LogP contribution in [0.2, 0.25) is 23.3 Å². The van der Waals surface area contributed by atoms with Crippen molar-refractivity contribution in [1.82, 2.24) is 9.55 Å². The molecule has 5 atom stereocenters. The van der Waals surface area contributed by atoms with Crippen LogP contribution >= 0.6 is 11.6 Å². The minimum Gasteiger partial charge on any atom is -0.414 e. The van der Waals surface area contributed by atoms with Crippen molar-refractivity contribution in [3.63, 3.8) is 0 Å². The van der Waals surface area contributed by atoms with E-state index in [1.54, 1.807) is 12.1 Å². The first kappa shape index (κ1) is 30.0. The van der Waals surface area contributed by atoms with Gasteiger partial charge in [0.2, 0.25) is 0 Å². The van der Waals surface area contributed by atoms with Crippen LogP contribution in [0.15, 0.2) is 36.5 Å². The highest BCUT2D eigenvalue weighted by atomic mass is 35.5. The highest BCUT2D eigenvalue weighted by Crippen LogP contribution is 2.46. The van der Waals surface area contributed by atoms with Gasteiger partial charge < -0.3 is 28.5 Å². The number of anilines is 1. The zero-order chi connectivity index (χ0) is 29.9. The van der Waals surface area contributed by atoms with E-state index < -0.39 is 26.4 Å². The van der Waals surface area contributed by atoms with Crippen molar-refractivity contribution in [2.45, 2.75) is 96.0 Å². The van der Waals surface area contributed by atoms with Gasteiger partial charge in [0, 0.05) is 17.6 Å². The van der Waals surface area contributed by atoms with Crippen molar-refractivity contribution in [2.24, 2.45) is 0 Å². The van der Waals surface area contributed by atoms with Gasteiger partial charge >= 0.3 is 0 Å². The first-order valence-corrected chi connectivity index (χ1v) is 17.2. The largest absolute Gasteiger partial charge is 0.414 e. The molecule has 0 amide bonds. The predicted molar refractivity (Wildman–Crippen MR) is 159 cm³/mol. The van der Waals surface area contributed by atoms with Gasteiger partial charge in [0.05, 0.1) is 12.3 Å². The Kier molecular flexibility index (Phi) is 7.77. The Bertz CT molecular complexity index is 1480. The van der Waals surface area contributed by atoms with Gasteiger partial charge in [-0.05, 0) is 62.7 Å². The van der Waals surface area contributed by atoms with Crippen molar-refractivity contribution >= 4 is 36.6 Å². The molecule has 8 nitrogen and oxygen atoms in total. The molecule has 0 bridgehead atoms. The Morgan fingerprint density at radius 2 is 1.85 bits per heavy atom. The van der Waals surface area contributed by atoms with Gasteiger partial charge in [-0.1, -0.05) is 44.5 Å². The van der Waals surface area contributed by atoms with Crippen LogP contribution < -0.4 is 5.32 Å². The van der Waals surface area contributed by atoms with Crippen LogP contribution in [0, 0.1) is 17.1 Å². The average Bonchev–Trinajstić information content (AvgIpc) is 3.53. The Hall–Kier alpha value is -2.52. The van der Waals surface area contributed by atoms with E-state index in [0.29, 0.717) is 23.3 Å². The fraction of sp³-hybridized carbons (Fsp3) is 0.533. The molecule has 3 aromatic rings. The molecule has 4 heterocycles. The molecule has 220 valence electrons. The van der Waals surface area contributed by atoms with Crippen molar-refractivity contribution in [3.05, 3.63) is 58.6 Å². The number of benzene rings is 1. The summed E-state index contributed by atoms with van der Waals surface area (Å²) in [6, 6.07) is 10.1. The van der Waals surface area contributed by atoms with E-state index in [2.05, 4.69) is 50.2 Å². The highest BCUT2D eigenvalue weighted by Gasteiger charge is 2.56. The molecular weight excluding hydrogens is 563 g/mol. The SMILES string of the molecule is CC(Nc1c(C#N)c(Cl)nc2c1ccn2[C@@H]1O[C@H](CO[Si](C)(C)C(C)(C)C)[C@H]2OC(C)(C)O[C@H]21)c1ccc(F)cc1. The van der Waals surface area contributed by atoms with Gasteiger partial charge in [0.25, 0.3) is 0 Å². The molecule has 1 aromatic carbocycles. The summed E-state index contributed by atoms with van der Waals surface area (Å²) in [5.41, 5.74) is 2.19. The summed E-state index contributed by atoms with van der Waals surface area (Å²) in [6.45, 7) is 17.2. The lowest BCUT2D eigenvalue weighted by Crippen LogP contribution is -2.44. The smallest absolute Gasteiger partial charge is 0.192 e. The van der Waals surface area contributed by atoms with E-state index in [4.69, 9.17) is 30.2 Å². The number of fused-ring (bicyclic) bond motifs is 2. The molecule has 5 rings (SSSR count). The highest BCUT2D eigenvalue weighted by molar-refractivity contribution is 6.74. The lowest BCUT2D eigenvalue weighted by molar-refractivity contribution is -0.199. The summed E-state index contributed by atoms with van der Waals surface area (Å²) in [6.07, 6.45) is 0.243. The van der Waals surface area contributed by atoms with Gasteiger partial charge in [-0.15, -0.1) is 0 Å². The van der Waals surface area contributed by atoms with E-state index in [1.165, 1.54) is 12.1 Å². The first-order chi connectivity index (χ1) is 19.1. The molecule has 2 fully saturated rings. The molecule has 0 aliphatic carbocycles. The third kappa shape index (κ3) is 5.64. The van der Waals surface area contributed by atoms with Gasteiger partial charge in [-0.2, -0.15) is 5.26 Å². The van der Waals surface area contributed by atoms with Crippen LogP contribution in [0.25, 0.3) is 11.0 Å². The van der Waals surface area contributed by atoms with E-state index in [-0.39, 0.29) is 39.8 Å². The molecule has 0 radical (unpaired) electrons. The van der Waals surface area contributed by atoms with Crippen LogP contribution in [0.5, 0.6) is 0 Å². The fourth-order valence-corrected chi connectivity index (χ4v) is 6.40. The normalized spacial score (nSPS) is 24.8. The second-order valence-electron chi connectivity index (χ2n) is 12.8. The minimum atomic E-state index is -2.03. The predicted octanol–water partition coefficient (Wildman–Crippen LogP) is 7.31. The van der Waals surface area contributed by atoms with Gasteiger partial charge in [-0.25, -0.2) is 9.37 Å². The molecule has 1 unspecified atom stereocenters. The number of hydrogen-bond donors (Lipinski definition) is 1. The van der Waals surface area contributed by atoms with Crippen molar-refractivity contribution in [1.29, 1.82) is 5.26 Å². The molecule has 11 heteroatoms. The van der Waals surface area contributed by atoms with E-state index in [1.807, 2.05) is 37.6 Å². The maximum atomic E-state index is 13.5. The molecule has 0 spiro atoms. The van der Waals surface area contributed by atoms with E-state index in [9.17, 15) is 9.65 Å². The Morgan fingerprint density at radius 3 is 2.49 bits per heavy atom. The third-order valence-electron chi connectivity index (χ3n) is 8.47. The topological polar surface area (TPSA) is 90.6 Å². The zero-order valence-electron chi connectivity index (χ0n) is 24.8. The third-order valence-corrected chi connectivity index (χ3v) is 13.2. The lowest BCUT2D eigenvalue weighted by atomic mass is 10.1. The number of ether oxygens (including phenoxy) is 3. The summed E-state index contributed by atoms with van der Waals surface area (Å²) >= 11 is 6.57. The second-order valence-corrected chi connectivity index (χ2v) is 18.0. The second kappa shape index (κ2) is 10.6. The van der Waals surface area contributed by atoms with Crippen LogP contribution in [0.4, 0.5) is 10.1 Å². The van der Waals surface area contributed by atoms with E-state index >= 15 is 0 Å². The lowest BCUT2D eigenvalue weighted by Gasteiger charge is -2.37. The Morgan fingerprint density at radius 1 is 1.20 bits per heavy atom. The maximum absolute atomic E-state index is 13.5. The summed E-state index contributed by atoms with van der Waals surface area (Å²) < 4.78 is 41.2. The van der Waals surface area contributed by atoms with Crippen LogP contribution in [-0.2, 0) is 18.6 Å². The van der Waals surface area contributed by atoms with Crippen molar-refractivity contribution in [2.75, 3.05) is 11.9 Å². The summed E-state index contributed by atoms with van der Waals surface area (Å²) in [5, 5.41) is 14.2. The Balaban J connectivity index is 1.49. The first-order valence-electron chi connectivity index (χ1n) is 13.9. The molecule has 2 saturated heterocycles. The fourth-order valence-electron chi connectivity index (χ4n) is 5.17. The van der Waals surface area contributed by atoms with Gasteiger partial charge in [-0.3, -0.25) is 0 Å². The van der Waals surface area contributed by atoms with Gasteiger partial charge in [0.15, 0.2) is 25.5 Å². The monoisotopic (exact) mass is 600 g/mol. The molecule has 1 N–H and O–H groups in total. The van der Waals surface area contributed by atoms with E-state index in [0.717, 1.165) is 5.56 Å². The number of nitrogens with one attached hydrogen (secondary N) is 1. The number of nitrogens with zero attached hydrogens (tertiary/aromatic N) is 3. The number of pyridine rings is 1. The molecule has 0 saturated carbocycles. The molecule has 2 aliphatic heterocycles. The molecule has 2 aromatic heterocycles. The standard InChI is InChI=1S/C30H38ClFN4O4Si/c1-17(18-9-11-19(32)12-10-18)34-23-20-13-14-36(27(20)35-26(31)21(23)15-33)28-25-24(39-30(5,6)40-25)22(38-28)16-37-41(7,8)29(2,3)4/h9-14,17,22,24-25,28H,16H2,1-8H3,(H,34,35)/t17?,22-,24-,25-,28-/m1/s1. The quantitative estimate of drug-likeness (QED) is 0.224. The zero-order valence-corrected chi connectivity index (χ0v) is 26.5. The van der Waals surface area contributed by atoms with Crippen LogP contribution in [0.1, 0.15) is 64.9 Å². The molecule has 41 heavy (non-hydrogen) atoms. The number of aromatic nitrogens is 2. The summed E-state index contributed by atoms with van der Waals surface area (Å²) in [4.78, 5) is 4.61. The molecule has 2 aliphatic rings. The van der Waals surface area contributed by atoms with Crippen LogP contribution in [-0.4, -0.2) is 48.6 Å². The van der Waals surface area contributed by atoms with Crippen LogP contribution in [0.3, 0.4) is 0 Å². The minimum absolute atomic E-state index is 0.0565. The van der Waals surface area contributed by atoms with Gasteiger partial charge in [0.1, 0.15) is 41.4 Å². The maximum Gasteiger partial charge on any atom is 0.192 e.